The van der Waals surface area contributed by atoms with E-state index in [0.29, 0.717) is 5.75 Å². The van der Waals surface area contributed by atoms with Crippen molar-refractivity contribution in [3.8, 4) is 0 Å². The molecule has 20 heavy (non-hydrogen) atoms. The second-order valence-electron chi connectivity index (χ2n) is 4.31. The summed E-state index contributed by atoms with van der Waals surface area (Å²) in [5, 5.41) is 18.8. The van der Waals surface area contributed by atoms with E-state index in [2.05, 4.69) is 20.7 Å². The van der Waals surface area contributed by atoms with Crippen molar-refractivity contribution in [3.05, 3.63) is 14.7 Å². The summed E-state index contributed by atoms with van der Waals surface area (Å²) >= 11 is 5.26. The zero-order chi connectivity index (χ0) is 15.6. The second kappa shape index (κ2) is 6.75. The van der Waals surface area contributed by atoms with Crippen LogP contribution in [0.5, 0.6) is 0 Å². The molecule has 0 aromatic carbocycles. The van der Waals surface area contributed by atoms with E-state index in [1.54, 1.807) is 6.26 Å². The van der Waals surface area contributed by atoms with Crippen LogP contribution in [0.3, 0.4) is 0 Å². The number of rotatable bonds is 7. The number of nitrogens with one attached hydrogen (secondary N) is 1. The van der Waals surface area contributed by atoms with E-state index >= 15 is 0 Å². The van der Waals surface area contributed by atoms with Crippen LogP contribution in [0.1, 0.15) is 16.6 Å². The van der Waals surface area contributed by atoms with E-state index in [1.165, 1.54) is 18.7 Å². The Hall–Kier alpha value is -0.130. The van der Waals surface area contributed by atoms with Crippen LogP contribution in [0, 0.1) is 0 Å². The van der Waals surface area contributed by atoms with Crippen molar-refractivity contribution in [2.24, 2.45) is 0 Å². The summed E-state index contributed by atoms with van der Waals surface area (Å²) in [6.07, 6.45) is 1.80. The number of hydrogen-bond acceptors (Lipinski definition) is 6. The van der Waals surface area contributed by atoms with Crippen LogP contribution < -0.4 is 4.72 Å². The van der Waals surface area contributed by atoms with Crippen LogP contribution in [0.2, 0.25) is 0 Å². The molecular formula is C10H14BrNO5S3. The molecule has 0 aliphatic carbocycles. The van der Waals surface area contributed by atoms with E-state index in [1.807, 2.05) is 0 Å². The molecule has 0 fully saturated rings. The number of aliphatic hydroxyl groups is 1. The third-order valence-electron chi connectivity index (χ3n) is 2.25. The standard InChI is InChI=1S/C10H14BrNO5S3/c1-10(15,5-18-2)4-12-20(16,17)7-3-6(9(13)14)19-8(7)11/h3,12,15H,4-5H2,1-2H3,(H,13,14). The Morgan fingerprint density at radius 2 is 2.20 bits per heavy atom. The Labute approximate surface area is 133 Å². The highest BCUT2D eigenvalue weighted by atomic mass is 79.9. The van der Waals surface area contributed by atoms with Crippen LogP contribution in [0.15, 0.2) is 14.7 Å². The first-order chi connectivity index (χ1) is 9.09. The lowest BCUT2D eigenvalue weighted by molar-refractivity contribution is 0.0701. The first kappa shape index (κ1) is 17.9. The molecule has 1 unspecified atom stereocenters. The molecule has 1 aromatic rings. The topological polar surface area (TPSA) is 104 Å². The number of thioether (sulfide) groups is 1. The second-order valence-corrected chi connectivity index (χ2v) is 9.28. The average Bonchev–Trinajstić information content (AvgIpc) is 2.70. The monoisotopic (exact) mass is 403 g/mol. The summed E-state index contributed by atoms with van der Waals surface area (Å²) in [6.45, 7) is 1.37. The lowest BCUT2D eigenvalue weighted by atomic mass is 10.1. The molecule has 10 heteroatoms. The summed E-state index contributed by atoms with van der Waals surface area (Å²) in [5.74, 6) is -0.813. The Morgan fingerprint density at radius 1 is 1.60 bits per heavy atom. The van der Waals surface area contributed by atoms with Crippen molar-refractivity contribution in [1.29, 1.82) is 0 Å². The third kappa shape index (κ3) is 4.71. The van der Waals surface area contributed by atoms with Crippen molar-refractivity contribution in [1.82, 2.24) is 4.72 Å². The van der Waals surface area contributed by atoms with Gasteiger partial charge in [-0.3, -0.25) is 0 Å². The molecule has 0 aliphatic heterocycles. The molecular weight excluding hydrogens is 390 g/mol. The van der Waals surface area contributed by atoms with Crippen LogP contribution in [-0.2, 0) is 10.0 Å². The number of carboxylic acid groups (broad SMARTS) is 1. The smallest absolute Gasteiger partial charge is 0.345 e. The number of carbonyl (C=O) groups is 1. The van der Waals surface area contributed by atoms with Gasteiger partial charge < -0.3 is 10.2 Å². The molecule has 0 amide bonds. The molecule has 1 aromatic heterocycles. The maximum absolute atomic E-state index is 12.1. The predicted octanol–water partition coefficient (Wildman–Crippen LogP) is 1.60. The van der Waals surface area contributed by atoms with Gasteiger partial charge in [-0.1, -0.05) is 0 Å². The fourth-order valence-electron chi connectivity index (χ4n) is 1.33. The molecule has 1 atom stereocenters. The van der Waals surface area contributed by atoms with Crippen LogP contribution >= 0.6 is 39.0 Å². The Kier molecular flexibility index (Phi) is 6.05. The summed E-state index contributed by atoms with van der Waals surface area (Å²) in [5.41, 5.74) is -1.18. The van der Waals surface area contributed by atoms with Gasteiger partial charge in [0.05, 0.1) is 9.39 Å². The van der Waals surface area contributed by atoms with Gasteiger partial charge in [0.25, 0.3) is 0 Å². The molecule has 0 spiro atoms. The van der Waals surface area contributed by atoms with Crippen LogP contribution in [0.25, 0.3) is 0 Å². The molecule has 6 nitrogen and oxygen atoms in total. The largest absolute Gasteiger partial charge is 0.477 e. The van der Waals surface area contributed by atoms with Gasteiger partial charge in [-0.25, -0.2) is 17.9 Å². The number of carboxylic acids is 1. The zero-order valence-corrected chi connectivity index (χ0v) is 14.7. The van der Waals surface area contributed by atoms with Gasteiger partial charge in [0, 0.05) is 12.3 Å². The van der Waals surface area contributed by atoms with Gasteiger partial charge in [0.2, 0.25) is 10.0 Å². The zero-order valence-electron chi connectivity index (χ0n) is 10.7. The van der Waals surface area contributed by atoms with Crippen LogP contribution in [-0.4, -0.2) is 48.8 Å². The number of thiophene rings is 1. The van der Waals surface area contributed by atoms with Gasteiger partial charge in [0.1, 0.15) is 9.77 Å². The quantitative estimate of drug-likeness (QED) is 0.638. The number of hydrogen-bond donors (Lipinski definition) is 3. The number of sulfonamides is 1. The Balaban J connectivity index is 2.92. The SMILES string of the molecule is CSCC(C)(O)CNS(=O)(=O)c1cc(C(=O)O)sc1Br. The van der Waals surface area contributed by atoms with Gasteiger partial charge in [-0.15, -0.1) is 11.3 Å². The first-order valence-electron chi connectivity index (χ1n) is 5.33. The van der Waals surface area contributed by atoms with Crippen molar-refractivity contribution < 1.29 is 23.4 Å². The minimum atomic E-state index is -3.87. The van der Waals surface area contributed by atoms with E-state index < -0.39 is 21.6 Å². The fraction of sp³-hybridized carbons (Fsp3) is 0.500. The molecule has 1 heterocycles. The number of halogens is 1. The average molecular weight is 404 g/mol. The van der Waals surface area contributed by atoms with Crippen molar-refractivity contribution in [2.75, 3.05) is 18.6 Å². The minimum Gasteiger partial charge on any atom is -0.477 e. The fourth-order valence-corrected chi connectivity index (χ4v) is 5.62. The summed E-state index contributed by atoms with van der Waals surface area (Å²) < 4.78 is 26.7. The minimum absolute atomic E-state index is 0.0758. The summed E-state index contributed by atoms with van der Waals surface area (Å²) in [6, 6.07) is 1.09. The molecule has 0 saturated carbocycles. The lowest BCUT2D eigenvalue weighted by Gasteiger charge is -2.22. The third-order valence-corrected chi connectivity index (χ3v) is 6.81. The highest BCUT2D eigenvalue weighted by Gasteiger charge is 2.27. The van der Waals surface area contributed by atoms with Gasteiger partial charge in [-0.05, 0) is 35.2 Å². The molecule has 1 rings (SSSR count). The van der Waals surface area contributed by atoms with Crippen LogP contribution in [0.4, 0.5) is 0 Å². The molecule has 0 saturated heterocycles. The van der Waals surface area contributed by atoms with Crippen molar-refractivity contribution in [3.63, 3.8) is 0 Å². The molecule has 114 valence electrons. The van der Waals surface area contributed by atoms with Gasteiger partial charge in [0.15, 0.2) is 0 Å². The number of aromatic carboxylic acids is 1. The van der Waals surface area contributed by atoms with Gasteiger partial charge in [-0.2, -0.15) is 11.8 Å². The maximum Gasteiger partial charge on any atom is 0.345 e. The first-order valence-corrected chi connectivity index (χ1v) is 9.81. The molecule has 0 aliphatic rings. The van der Waals surface area contributed by atoms with Crippen molar-refractivity contribution in [2.45, 2.75) is 17.4 Å². The lowest BCUT2D eigenvalue weighted by Crippen LogP contribution is -2.42. The highest BCUT2D eigenvalue weighted by molar-refractivity contribution is 9.11. The van der Waals surface area contributed by atoms with E-state index in [9.17, 15) is 18.3 Å². The van der Waals surface area contributed by atoms with Gasteiger partial charge >= 0.3 is 5.97 Å². The Bertz CT molecular complexity index is 596. The summed E-state index contributed by atoms with van der Waals surface area (Å²) in [4.78, 5) is 10.6. The predicted molar refractivity (Wildman–Crippen MR) is 83.2 cm³/mol. The normalized spacial score (nSPS) is 15.0. The molecule has 3 N–H and O–H groups in total. The summed E-state index contributed by atoms with van der Waals surface area (Å²) in [7, 11) is -3.87. The maximum atomic E-state index is 12.1. The van der Waals surface area contributed by atoms with E-state index in [4.69, 9.17) is 5.11 Å². The Morgan fingerprint density at radius 3 is 2.65 bits per heavy atom. The molecule has 0 bridgehead atoms. The van der Waals surface area contributed by atoms with Crippen molar-refractivity contribution >= 4 is 55.0 Å². The van der Waals surface area contributed by atoms with E-state index in [-0.39, 0.29) is 20.1 Å². The van der Waals surface area contributed by atoms with E-state index in [0.717, 1.165) is 17.4 Å². The molecule has 0 radical (unpaired) electrons. The highest BCUT2D eigenvalue weighted by Crippen LogP contribution is 2.31.